The van der Waals surface area contributed by atoms with Crippen LogP contribution in [0.5, 0.6) is 0 Å². The van der Waals surface area contributed by atoms with Crippen molar-refractivity contribution >= 4 is 11.5 Å². The molecule has 0 atom stereocenters. The van der Waals surface area contributed by atoms with E-state index in [1.165, 1.54) is 18.6 Å². The number of rotatable bonds is 4. The van der Waals surface area contributed by atoms with Crippen molar-refractivity contribution in [3.63, 3.8) is 0 Å². The number of nitriles is 2. The van der Waals surface area contributed by atoms with Gasteiger partial charge in [0.1, 0.15) is 12.1 Å². The minimum Gasteiger partial charge on any atom is -0.397 e. The van der Waals surface area contributed by atoms with Crippen molar-refractivity contribution in [2.45, 2.75) is 25.3 Å². The van der Waals surface area contributed by atoms with Gasteiger partial charge in [-0.15, -0.1) is 0 Å². The molecule has 96 valence electrons. The van der Waals surface area contributed by atoms with Crippen molar-refractivity contribution in [1.82, 2.24) is 5.32 Å². The zero-order valence-electron chi connectivity index (χ0n) is 10.4. The van der Waals surface area contributed by atoms with Gasteiger partial charge in [0.05, 0.1) is 23.4 Å². The van der Waals surface area contributed by atoms with Gasteiger partial charge in [-0.1, -0.05) is 6.42 Å². The quantitative estimate of drug-likeness (QED) is 0.623. The molecule has 1 saturated carbocycles. The predicted octanol–water partition coefficient (Wildman–Crippen LogP) is 1.34. The number of Topliss-reactive ketones (excluding diaryl/α,β-unsaturated/α-hetero) is 1. The van der Waals surface area contributed by atoms with Crippen LogP contribution in [0, 0.1) is 22.7 Å². The number of nitrogens with one attached hydrogen (secondary N) is 1. The molecule has 19 heavy (non-hydrogen) atoms. The summed E-state index contributed by atoms with van der Waals surface area (Å²) in [5.74, 6) is -0.125. The molecular weight excluding hydrogens is 240 g/mol. The van der Waals surface area contributed by atoms with E-state index in [2.05, 4.69) is 5.32 Å². The lowest BCUT2D eigenvalue weighted by atomic mass is 9.93. The molecule has 2 rings (SSSR count). The van der Waals surface area contributed by atoms with E-state index in [0.717, 1.165) is 12.8 Å². The number of ketones is 1. The fourth-order valence-corrected chi connectivity index (χ4v) is 1.95. The minimum atomic E-state index is -0.125. The first kappa shape index (κ1) is 13.1. The number of carbonyl (C=O) groups is 1. The highest BCUT2D eigenvalue weighted by Crippen LogP contribution is 2.20. The molecule has 5 nitrogen and oxygen atoms in total. The molecule has 1 aliphatic rings. The third-order valence-corrected chi connectivity index (χ3v) is 3.40. The summed E-state index contributed by atoms with van der Waals surface area (Å²) in [6, 6.07) is 7.12. The third-order valence-electron chi connectivity index (χ3n) is 3.40. The lowest BCUT2D eigenvalue weighted by Gasteiger charge is -2.26. The van der Waals surface area contributed by atoms with Crippen LogP contribution in [-0.2, 0) is 0 Å². The molecule has 0 aromatic heterocycles. The zero-order chi connectivity index (χ0) is 13.8. The Morgan fingerprint density at radius 3 is 2.32 bits per heavy atom. The first-order chi connectivity index (χ1) is 9.15. The fraction of sp³-hybridized carbons (Fsp3) is 0.357. The Kier molecular flexibility index (Phi) is 3.79. The maximum absolute atomic E-state index is 12.0. The molecule has 0 heterocycles. The Hall–Kier alpha value is -2.37. The van der Waals surface area contributed by atoms with E-state index in [4.69, 9.17) is 16.3 Å². The molecule has 0 bridgehead atoms. The summed E-state index contributed by atoms with van der Waals surface area (Å²) in [6.45, 7) is 0.227. The molecule has 0 unspecified atom stereocenters. The number of benzene rings is 1. The van der Waals surface area contributed by atoms with E-state index < -0.39 is 0 Å². The highest BCUT2D eigenvalue weighted by Gasteiger charge is 2.19. The third kappa shape index (κ3) is 2.73. The van der Waals surface area contributed by atoms with Gasteiger partial charge in [-0.05, 0) is 25.0 Å². The SMILES string of the molecule is N#Cc1cc(C(=O)CNC2CCC2)cc(C#N)c1N. The molecule has 1 aliphatic carbocycles. The van der Waals surface area contributed by atoms with Crippen molar-refractivity contribution in [3.05, 3.63) is 28.8 Å². The van der Waals surface area contributed by atoms with Crippen molar-refractivity contribution in [3.8, 4) is 12.1 Å². The number of nitrogens with zero attached hydrogens (tertiary/aromatic N) is 2. The Balaban J connectivity index is 2.17. The fourth-order valence-electron chi connectivity index (χ4n) is 1.95. The van der Waals surface area contributed by atoms with Gasteiger partial charge in [0.25, 0.3) is 0 Å². The Morgan fingerprint density at radius 1 is 1.32 bits per heavy atom. The number of anilines is 1. The molecule has 1 fully saturated rings. The van der Waals surface area contributed by atoms with Crippen LogP contribution >= 0.6 is 0 Å². The first-order valence-corrected chi connectivity index (χ1v) is 6.16. The summed E-state index contributed by atoms with van der Waals surface area (Å²) in [7, 11) is 0. The second kappa shape index (κ2) is 5.51. The maximum atomic E-state index is 12.0. The van der Waals surface area contributed by atoms with Gasteiger partial charge >= 0.3 is 0 Å². The van der Waals surface area contributed by atoms with E-state index in [9.17, 15) is 4.79 Å². The Labute approximate surface area is 111 Å². The van der Waals surface area contributed by atoms with Crippen LogP contribution in [-0.4, -0.2) is 18.4 Å². The van der Waals surface area contributed by atoms with Gasteiger partial charge in [0.15, 0.2) is 5.78 Å². The van der Waals surface area contributed by atoms with Crippen LogP contribution in [0.25, 0.3) is 0 Å². The van der Waals surface area contributed by atoms with E-state index >= 15 is 0 Å². The molecular formula is C14H14N4O. The van der Waals surface area contributed by atoms with Crippen molar-refractivity contribution in [1.29, 1.82) is 10.5 Å². The lowest BCUT2D eigenvalue weighted by molar-refractivity contribution is 0.0982. The summed E-state index contributed by atoms with van der Waals surface area (Å²) in [5, 5.41) is 21.0. The van der Waals surface area contributed by atoms with Gasteiger partial charge in [0, 0.05) is 11.6 Å². The van der Waals surface area contributed by atoms with E-state index in [-0.39, 0.29) is 29.1 Å². The summed E-state index contributed by atoms with van der Waals surface area (Å²) in [5.41, 5.74) is 6.49. The monoisotopic (exact) mass is 254 g/mol. The highest BCUT2D eigenvalue weighted by molar-refractivity contribution is 5.99. The van der Waals surface area contributed by atoms with Gasteiger partial charge in [-0.3, -0.25) is 4.79 Å². The smallest absolute Gasteiger partial charge is 0.176 e. The molecule has 0 radical (unpaired) electrons. The molecule has 0 spiro atoms. The van der Waals surface area contributed by atoms with Crippen molar-refractivity contribution in [2.24, 2.45) is 0 Å². The summed E-state index contributed by atoms with van der Waals surface area (Å²) < 4.78 is 0. The topological polar surface area (TPSA) is 103 Å². The summed E-state index contributed by atoms with van der Waals surface area (Å²) in [4.78, 5) is 12.0. The first-order valence-electron chi connectivity index (χ1n) is 6.16. The number of carbonyl (C=O) groups excluding carboxylic acids is 1. The zero-order valence-corrected chi connectivity index (χ0v) is 10.4. The summed E-state index contributed by atoms with van der Waals surface area (Å²) in [6.07, 6.45) is 3.40. The molecule has 0 aliphatic heterocycles. The van der Waals surface area contributed by atoms with Crippen LogP contribution in [0.3, 0.4) is 0 Å². The van der Waals surface area contributed by atoms with E-state index in [1.54, 1.807) is 0 Å². The van der Waals surface area contributed by atoms with Crippen LogP contribution in [0.4, 0.5) is 5.69 Å². The molecule has 5 heteroatoms. The van der Waals surface area contributed by atoms with Crippen LogP contribution in [0.1, 0.15) is 40.7 Å². The average molecular weight is 254 g/mol. The van der Waals surface area contributed by atoms with E-state index in [1.807, 2.05) is 12.1 Å². The van der Waals surface area contributed by atoms with Crippen LogP contribution < -0.4 is 11.1 Å². The van der Waals surface area contributed by atoms with Gasteiger partial charge < -0.3 is 11.1 Å². The predicted molar refractivity (Wildman–Crippen MR) is 70.3 cm³/mol. The minimum absolute atomic E-state index is 0.125. The highest BCUT2D eigenvalue weighted by atomic mass is 16.1. The molecule has 1 aromatic rings. The van der Waals surface area contributed by atoms with Gasteiger partial charge in [-0.25, -0.2) is 0 Å². The van der Waals surface area contributed by atoms with Crippen molar-refractivity contribution in [2.75, 3.05) is 12.3 Å². The van der Waals surface area contributed by atoms with Crippen LogP contribution in [0.15, 0.2) is 12.1 Å². The van der Waals surface area contributed by atoms with Gasteiger partial charge in [0.2, 0.25) is 0 Å². The van der Waals surface area contributed by atoms with Crippen LogP contribution in [0.2, 0.25) is 0 Å². The molecule has 0 saturated heterocycles. The maximum Gasteiger partial charge on any atom is 0.176 e. The van der Waals surface area contributed by atoms with Gasteiger partial charge in [-0.2, -0.15) is 10.5 Å². The number of nitrogens with two attached hydrogens (primary N) is 1. The second-order valence-corrected chi connectivity index (χ2v) is 4.64. The average Bonchev–Trinajstić information content (AvgIpc) is 2.37. The largest absolute Gasteiger partial charge is 0.397 e. The Bertz CT molecular complexity index is 555. The summed E-state index contributed by atoms with van der Waals surface area (Å²) >= 11 is 0. The standard InChI is InChI=1S/C14H14N4O/c15-6-10-4-9(5-11(7-16)14(10)17)13(19)8-18-12-2-1-3-12/h4-5,12,18H,1-3,8,17H2. The Morgan fingerprint density at radius 2 is 1.89 bits per heavy atom. The molecule has 1 aromatic carbocycles. The lowest BCUT2D eigenvalue weighted by Crippen LogP contribution is -2.38. The second-order valence-electron chi connectivity index (χ2n) is 4.64. The number of hydrogen-bond acceptors (Lipinski definition) is 5. The number of nitrogen functional groups attached to an aromatic ring is 1. The molecule has 3 N–H and O–H groups in total. The van der Waals surface area contributed by atoms with Crippen molar-refractivity contribution < 1.29 is 4.79 Å². The molecule has 0 amide bonds. The normalized spacial score (nSPS) is 14.2. The number of hydrogen-bond donors (Lipinski definition) is 2. The van der Waals surface area contributed by atoms with E-state index in [0.29, 0.717) is 11.6 Å².